The fourth-order valence-corrected chi connectivity index (χ4v) is 4.30. The fraction of sp³-hybridized carbons (Fsp3) is 0.0741. The summed E-state index contributed by atoms with van der Waals surface area (Å²) in [6.07, 6.45) is 3.75. The van der Waals surface area contributed by atoms with Crippen LogP contribution in [0.25, 0.3) is 33.1 Å². The third kappa shape index (κ3) is 4.43. The van der Waals surface area contributed by atoms with Crippen molar-refractivity contribution in [1.82, 2.24) is 15.0 Å². The fourth-order valence-electron chi connectivity index (χ4n) is 3.59. The van der Waals surface area contributed by atoms with Crippen molar-refractivity contribution in [2.45, 2.75) is 13.0 Å². The summed E-state index contributed by atoms with van der Waals surface area (Å²) >= 11 is 1.70. The third-order valence-electron chi connectivity index (χ3n) is 5.26. The minimum Gasteiger partial charge on any atom is -0.363 e. The molecule has 2 aromatic carbocycles. The van der Waals surface area contributed by atoms with Crippen LogP contribution >= 0.6 is 11.3 Å². The summed E-state index contributed by atoms with van der Waals surface area (Å²) in [5.41, 5.74) is 5.07. The Hall–Kier alpha value is -3.83. The second-order valence-corrected chi connectivity index (χ2v) is 8.49. The molecule has 5 aromatic rings. The van der Waals surface area contributed by atoms with Crippen molar-refractivity contribution in [3.8, 4) is 33.1 Å². The molecule has 0 saturated carbocycles. The van der Waals surface area contributed by atoms with Crippen molar-refractivity contribution in [1.29, 1.82) is 0 Å². The standard InChI is InChI=1S/C27H22N4S/c1-19(20-9-4-2-5-10-20)29-26-16-24(30-27(31-26)21-11-6-3-7-12-21)22-15-23(18-28-17-22)25-13-8-14-32-25/h2-19H,1H3,(H,29,30,31). The average Bonchev–Trinajstić information content (AvgIpc) is 3.40. The van der Waals surface area contributed by atoms with Crippen molar-refractivity contribution < 1.29 is 0 Å². The highest BCUT2D eigenvalue weighted by Gasteiger charge is 2.13. The maximum atomic E-state index is 4.89. The minimum absolute atomic E-state index is 0.109. The Morgan fingerprint density at radius 2 is 1.50 bits per heavy atom. The number of benzene rings is 2. The lowest BCUT2D eigenvalue weighted by molar-refractivity contribution is 0.873. The van der Waals surface area contributed by atoms with Crippen molar-refractivity contribution in [3.63, 3.8) is 0 Å². The van der Waals surface area contributed by atoms with Crippen LogP contribution in [0, 0.1) is 0 Å². The summed E-state index contributed by atoms with van der Waals surface area (Å²) < 4.78 is 0. The molecule has 1 unspecified atom stereocenters. The van der Waals surface area contributed by atoms with Crippen molar-refractivity contribution >= 4 is 17.2 Å². The molecule has 156 valence electrons. The maximum absolute atomic E-state index is 4.89. The number of nitrogens with one attached hydrogen (secondary N) is 1. The van der Waals surface area contributed by atoms with Crippen LogP contribution < -0.4 is 5.32 Å². The smallest absolute Gasteiger partial charge is 0.162 e. The average molecular weight is 435 g/mol. The zero-order valence-corrected chi connectivity index (χ0v) is 18.5. The largest absolute Gasteiger partial charge is 0.363 e. The van der Waals surface area contributed by atoms with Crippen LogP contribution in [0.4, 0.5) is 5.82 Å². The highest BCUT2D eigenvalue weighted by Crippen LogP contribution is 2.30. The second-order valence-electron chi connectivity index (χ2n) is 7.54. The van der Waals surface area contributed by atoms with E-state index in [1.807, 2.05) is 54.9 Å². The van der Waals surface area contributed by atoms with Gasteiger partial charge >= 0.3 is 0 Å². The van der Waals surface area contributed by atoms with Gasteiger partial charge in [-0.1, -0.05) is 66.7 Å². The van der Waals surface area contributed by atoms with Crippen molar-refractivity contribution in [2.24, 2.45) is 0 Å². The topological polar surface area (TPSA) is 50.7 Å². The molecule has 32 heavy (non-hydrogen) atoms. The molecule has 0 bridgehead atoms. The van der Waals surface area contributed by atoms with Gasteiger partial charge in [0.25, 0.3) is 0 Å². The van der Waals surface area contributed by atoms with E-state index in [0.29, 0.717) is 5.82 Å². The molecule has 0 aliphatic rings. The first-order chi connectivity index (χ1) is 15.8. The molecule has 5 rings (SSSR count). The molecule has 0 aliphatic heterocycles. The van der Waals surface area contributed by atoms with Crippen LogP contribution in [0.1, 0.15) is 18.5 Å². The quantitative estimate of drug-likeness (QED) is 0.309. The van der Waals surface area contributed by atoms with Gasteiger partial charge < -0.3 is 5.32 Å². The van der Waals surface area contributed by atoms with E-state index in [9.17, 15) is 0 Å². The Balaban J connectivity index is 1.56. The van der Waals surface area contributed by atoms with Crippen LogP contribution in [-0.2, 0) is 0 Å². The van der Waals surface area contributed by atoms with Gasteiger partial charge in [-0.2, -0.15) is 0 Å². The minimum atomic E-state index is 0.109. The molecule has 0 saturated heterocycles. The van der Waals surface area contributed by atoms with E-state index in [1.165, 1.54) is 10.4 Å². The van der Waals surface area contributed by atoms with E-state index >= 15 is 0 Å². The molecule has 3 aromatic heterocycles. The lowest BCUT2D eigenvalue weighted by Gasteiger charge is -2.16. The van der Waals surface area contributed by atoms with Gasteiger partial charge in [-0.05, 0) is 30.0 Å². The van der Waals surface area contributed by atoms with E-state index in [4.69, 9.17) is 9.97 Å². The molecule has 0 spiro atoms. The second kappa shape index (κ2) is 9.12. The van der Waals surface area contributed by atoms with E-state index < -0.39 is 0 Å². The summed E-state index contributed by atoms with van der Waals surface area (Å²) in [6, 6.07) is 28.8. The zero-order valence-electron chi connectivity index (χ0n) is 17.6. The van der Waals surface area contributed by atoms with Gasteiger partial charge in [0.2, 0.25) is 0 Å². The molecule has 5 heteroatoms. The van der Waals surface area contributed by atoms with Crippen molar-refractivity contribution in [2.75, 3.05) is 5.32 Å². The number of hydrogen-bond acceptors (Lipinski definition) is 5. The summed E-state index contributed by atoms with van der Waals surface area (Å²) in [5, 5.41) is 5.63. The van der Waals surface area contributed by atoms with E-state index in [1.54, 1.807) is 11.3 Å². The Labute approximate surface area is 191 Å². The summed E-state index contributed by atoms with van der Waals surface area (Å²) in [4.78, 5) is 15.4. The first kappa shape index (κ1) is 20.1. The lowest BCUT2D eigenvalue weighted by atomic mass is 10.1. The maximum Gasteiger partial charge on any atom is 0.162 e. The van der Waals surface area contributed by atoms with Gasteiger partial charge in [-0.15, -0.1) is 11.3 Å². The number of hydrogen-bond donors (Lipinski definition) is 1. The molecule has 0 amide bonds. The number of pyridine rings is 1. The van der Waals surface area contributed by atoms with Gasteiger partial charge in [0, 0.05) is 46.1 Å². The Bertz CT molecular complexity index is 1300. The van der Waals surface area contributed by atoms with Gasteiger partial charge in [-0.25, -0.2) is 9.97 Å². The van der Waals surface area contributed by atoms with Crippen LogP contribution in [0.2, 0.25) is 0 Å². The first-order valence-corrected chi connectivity index (χ1v) is 11.4. The highest BCUT2D eigenvalue weighted by atomic mass is 32.1. The first-order valence-electron chi connectivity index (χ1n) is 10.5. The molecule has 4 nitrogen and oxygen atoms in total. The van der Waals surface area contributed by atoms with Crippen LogP contribution in [0.15, 0.2) is 103 Å². The third-order valence-corrected chi connectivity index (χ3v) is 6.18. The summed E-state index contributed by atoms with van der Waals surface area (Å²) in [7, 11) is 0. The normalized spacial score (nSPS) is 11.8. The number of nitrogens with zero attached hydrogens (tertiary/aromatic N) is 3. The van der Waals surface area contributed by atoms with Gasteiger partial charge in [0.15, 0.2) is 5.82 Å². The molecule has 0 aliphatic carbocycles. The molecule has 3 heterocycles. The Morgan fingerprint density at radius 3 is 2.25 bits per heavy atom. The van der Waals surface area contributed by atoms with Gasteiger partial charge in [-0.3, -0.25) is 4.98 Å². The number of rotatable bonds is 6. The Kier molecular flexibility index (Phi) is 5.73. The monoisotopic (exact) mass is 434 g/mol. The summed E-state index contributed by atoms with van der Waals surface area (Å²) in [5.74, 6) is 1.47. The number of anilines is 1. The van der Waals surface area contributed by atoms with Gasteiger partial charge in [0.05, 0.1) is 5.69 Å². The summed E-state index contributed by atoms with van der Waals surface area (Å²) in [6.45, 7) is 2.14. The lowest BCUT2D eigenvalue weighted by Crippen LogP contribution is -2.09. The highest BCUT2D eigenvalue weighted by molar-refractivity contribution is 7.13. The SMILES string of the molecule is CC(Nc1cc(-c2cncc(-c3cccs3)c2)nc(-c2ccccc2)n1)c1ccccc1. The van der Waals surface area contributed by atoms with E-state index in [-0.39, 0.29) is 6.04 Å². The van der Waals surface area contributed by atoms with E-state index in [0.717, 1.165) is 28.2 Å². The molecular formula is C27H22N4S. The number of thiophene rings is 1. The van der Waals surface area contributed by atoms with Crippen LogP contribution in [-0.4, -0.2) is 15.0 Å². The van der Waals surface area contributed by atoms with Crippen LogP contribution in [0.5, 0.6) is 0 Å². The molecular weight excluding hydrogens is 412 g/mol. The van der Waals surface area contributed by atoms with Crippen LogP contribution in [0.3, 0.4) is 0 Å². The molecule has 1 N–H and O–H groups in total. The number of aromatic nitrogens is 3. The Morgan fingerprint density at radius 1 is 0.750 bits per heavy atom. The van der Waals surface area contributed by atoms with E-state index in [2.05, 4.69) is 65.1 Å². The zero-order chi connectivity index (χ0) is 21.8. The predicted molar refractivity (Wildman–Crippen MR) is 132 cm³/mol. The molecule has 0 fully saturated rings. The molecule has 0 radical (unpaired) electrons. The van der Waals surface area contributed by atoms with Crippen molar-refractivity contribution in [3.05, 3.63) is 108 Å². The molecule has 1 atom stereocenters. The van der Waals surface area contributed by atoms with Gasteiger partial charge in [0.1, 0.15) is 5.82 Å². The predicted octanol–water partition coefficient (Wildman–Crippen LogP) is 7.11.